The lowest BCUT2D eigenvalue weighted by molar-refractivity contribution is -0.127. The fourth-order valence-electron chi connectivity index (χ4n) is 2.51. The molecule has 1 aliphatic heterocycles. The molecule has 1 aliphatic rings. The lowest BCUT2D eigenvalue weighted by Crippen LogP contribution is -2.36. The molecule has 0 aromatic heterocycles. The lowest BCUT2D eigenvalue weighted by atomic mass is 10.2. The van der Waals surface area contributed by atoms with Crippen molar-refractivity contribution in [3.8, 4) is 5.75 Å². The van der Waals surface area contributed by atoms with Crippen LogP contribution in [0.15, 0.2) is 47.4 Å². The summed E-state index contributed by atoms with van der Waals surface area (Å²) in [5.41, 5.74) is 1.12. The molecule has 1 fully saturated rings. The summed E-state index contributed by atoms with van der Waals surface area (Å²) in [6.45, 7) is -0.374. The van der Waals surface area contributed by atoms with Crippen molar-refractivity contribution >= 4 is 63.8 Å². The van der Waals surface area contributed by atoms with Crippen LogP contribution in [-0.2, 0) is 9.59 Å². The molecule has 0 saturated carbocycles. The van der Waals surface area contributed by atoms with E-state index in [1.54, 1.807) is 36.4 Å². The summed E-state index contributed by atoms with van der Waals surface area (Å²) in [5, 5.41) is 2.68. The van der Waals surface area contributed by atoms with Gasteiger partial charge in [-0.15, -0.1) is 0 Å². The fraction of sp³-hybridized carbons (Fsp3) is 0.105. The Balaban J connectivity index is 1.74. The van der Waals surface area contributed by atoms with Crippen molar-refractivity contribution in [1.82, 2.24) is 4.90 Å². The number of hydrogen-bond donors (Lipinski definition) is 1. The summed E-state index contributed by atoms with van der Waals surface area (Å²) < 4.78 is 5.09. The van der Waals surface area contributed by atoms with Gasteiger partial charge in [-0.05, 0) is 47.7 Å². The number of anilines is 1. The van der Waals surface area contributed by atoms with Gasteiger partial charge in [-0.3, -0.25) is 19.3 Å². The molecule has 1 saturated heterocycles. The van der Waals surface area contributed by atoms with E-state index in [1.807, 2.05) is 6.07 Å². The van der Waals surface area contributed by atoms with Crippen LogP contribution in [0.4, 0.5) is 10.5 Å². The fourth-order valence-corrected chi connectivity index (χ4v) is 4.01. The highest BCUT2D eigenvalue weighted by molar-refractivity contribution is 8.18. The normalized spacial score (nSPS) is 15.2. The Kier molecular flexibility index (Phi) is 6.28. The van der Waals surface area contributed by atoms with Crippen molar-refractivity contribution in [1.29, 1.82) is 0 Å². The topological polar surface area (TPSA) is 75.7 Å². The van der Waals surface area contributed by atoms with Crippen molar-refractivity contribution in [3.63, 3.8) is 0 Å². The van der Waals surface area contributed by atoms with Crippen LogP contribution in [-0.4, -0.2) is 35.6 Å². The average molecular weight is 437 g/mol. The molecular weight excluding hydrogens is 423 g/mol. The Morgan fingerprint density at radius 3 is 2.43 bits per heavy atom. The highest BCUT2D eigenvalue weighted by Crippen LogP contribution is 2.37. The summed E-state index contributed by atoms with van der Waals surface area (Å²) in [6.07, 6.45) is 1.50. The number of nitrogens with one attached hydrogen (secondary N) is 1. The molecule has 2 aromatic carbocycles. The van der Waals surface area contributed by atoms with Crippen LogP contribution in [0.1, 0.15) is 5.56 Å². The number of ether oxygens (including phenoxy) is 1. The Bertz CT molecular complexity index is 956. The molecule has 0 bridgehead atoms. The van der Waals surface area contributed by atoms with E-state index in [0.717, 1.165) is 16.7 Å². The number of hydrogen-bond acceptors (Lipinski definition) is 5. The van der Waals surface area contributed by atoms with Gasteiger partial charge in [-0.2, -0.15) is 0 Å². The van der Waals surface area contributed by atoms with Crippen molar-refractivity contribution < 1.29 is 19.1 Å². The maximum Gasteiger partial charge on any atom is 0.294 e. The molecule has 28 heavy (non-hydrogen) atoms. The first-order chi connectivity index (χ1) is 13.4. The minimum atomic E-state index is -0.554. The predicted octanol–water partition coefficient (Wildman–Crippen LogP) is 4.68. The van der Waals surface area contributed by atoms with E-state index in [-0.39, 0.29) is 21.5 Å². The zero-order chi connectivity index (χ0) is 20.3. The SMILES string of the molecule is COc1c(Cl)cc(/C=C2\SC(=O)N(CC(=O)Nc3ccccc3)C2=O)cc1Cl. The van der Waals surface area contributed by atoms with Crippen molar-refractivity contribution in [2.45, 2.75) is 0 Å². The number of nitrogens with zero attached hydrogens (tertiary/aromatic N) is 1. The van der Waals surface area contributed by atoms with Crippen LogP contribution in [0.25, 0.3) is 6.08 Å². The molecule has 9 heteroatoms. The van der Waals surface area contributed by atoms with Gasteiger partial charge >= 0.3 is 0 Å². The van der Waals surface area contributed by atoms with E-state index < -0.39 is 17.1 Å². The molecule has 0 spiro atoms. The summed E-state index contributed by atoms with van der Waals surface area (Å²) in [5.74, 6) is -0.697. The number of methoxy groups -OCH3 is 1. The second kappa shape index (κ2) is 8.68. The van der Waals surface area contributed by atoms with Gasteiger partial charge in [0.05, 0.1) is 22.1 Å². The first-order valence-electron chi connectivity index (χ1n) is 8.02. The second-order valence-corrected chi connectivity index (χ2v) is 7.51. The van der Waals surface area contributed by atoms with Crippen LogP contribution in [0.3, 0.4) is 0 Å². The molecule has 0 unspecified atom stereocenters. The minimum Gasteiger partial charge on any atom is -0.494 e. The third kappa shape index (κ3) is 4.49. The number of carbonyl (C=O) groups is 3. The molecule has 3 rings (SSSR count). The highest BCUT2D eigenvalue weighted by Gasteiger charge is 2.36. The molecule has 6 nitrogen and oxygen atoms in total. The molecular formula is C19H14Cl2N2O4S. The van der Waals surface area contributed by atoms with Gasteiger partial charge in [-0.1, -0.05) is 41.4 Å². The smallest absolute Gasteiger partial charge is 0.294 e. The molecule has 0 atom stereocenters. The van der Waals surface area contributed by atoms with Gasteiger partial charge in [0, 0.05) is 5.69 Å². The van der Waals surface area contributed by atoms with E-state index in [1.165, 1.54) is 13.2 Å². The molecule has 1 heterocycles. The van der Waals surface area contributed by atoms with Gasteiger partial charge < -0.3 is 10.1 Å². The summed E-state index contributed by atoms with van der Waals surface area (Å²) in [4.78, 5) is 37.9. The third-order valence-electron chi connectivity index (χ3n) is 3.76. The van der Waals surface area contributed by atoms with Gasteiger partial charge in [0.1, 0.15) is 6.54 Å². The van der Waals surface area contributed by atoms with Crippen LogP contribution in [0.5, 0.6) is 5.75 Å². The van der Waals surface area contributed by atoms with E-state index in [9.17, 15) is 14.4 Å². The number of carbonyl (C=O) groups excluding carboxylic acids is 3. The predicted molar refractivity (Wildman–Crippen MR) is 111 cm³/mol. The molecule has 3 amide bonds. The molecule has 144 valence electrons. The van der Waals surface area contributed by atoms with Gasteiger partial charge in [0.2, 0.25) is 5.91 Å². The molecule has 2 aromatic rings. The monoisotopic (exact) mass is 436 g/mol. The maximum atomic E-state index is 12.5. The van der Waals surface area contributed by atoms with Gasteiger partial charge in [-0.25, -0.2) is 0 Å². The zero-order valence-corrected chi connectivity index (χ0v) is 16.9. The van der Waals surface area contributed by atoms with E-state index in [2.05, 4.69) is 5.32 Å². The Morgan fingerprint density at radius 2 is 1.82 bits per heavy atom. The first kappa shape index (κ1) is 20.3. The van der Waals surface area contributed by atoms with Gasteiger partial charge in [0.25, 0.3) is 11.1 Å². The quantitative estimate of drug-likeness (QED) is 0.688. The van der Waals surface area contributed by atoms with Crippen molar-refractivity contribution in [2.24, 2.45) is 0 Å². The van der Waals surface area contributed by atoms with Crippen molar-refractivity contribution in [2.75, 3.05) is 19.0 Å². The van der Waals surface area contributed by atoms with Crippen LogP contribution >= 0.6 is 35.0 Å². The number of benzene rings is 2. The number of halogens is 2. The van der Waals surface area contributed by atoms with Crippen LogP contribution in [0.2, 0.25) is 10.0 Å². The number of thioether (sulfide) groups is 1. The van der Waals surface area contributed by atoms with Gasteiger partial charge in [0.15, 0.2) is 5.75 Å². The van der Waals surface area contributed by atoms with Crippen LogP contribution in [0, 0.1) is 0 Å². The first-order valence-corrected chi connectivity index (χ1v) is 9.59. The lowest BCUT2D eigenvalue weighted by Gasteiger charge is -2.12. The van der Waals surface area contributed by atoms with Crippen LogP contribution < -0.4 is 10.1 Å². The van der Waals surface area contributed by atoms with Crippen molar-refractivity contribution in [3.05, 3.63) is 63.0 Å². The Morgan fingerprint density at radius 1 is 1.18 bits per heavy atom. The zero-order valence-electron chi connectivity index (χ0n) is 14.6. The minimum absolute atomic E-state index is 0.176. The summed E-state index contributed by atoms with van der Waals surface area (Å²) in [6, 6.07) is 11.9. The van der Waals surface area contributed by atoms with E-state index >= 15 is 0 Å². The van der Waals surface area contributed by atoms with E-state index in [0.29, 0.717) is 17.0 Å². The third-order valence-corrected chi connectivity index (χ3v) is 5.22. The molecule has 0 radical (unpaired) electrons. The number of imide groups is 1. The molecule has 1 N–H and O–H groups in total. The Hall–Kier alpha value is -2.48. The number of amides is 3. The largest absolute Gasteiger partial charge is 0.494 e. The summed E-state index contributed by atoms with van der Waals surface area (Å²) >= 11 is 12.9. The van der Waals surface area contributed by atoms with E-state index in [4.69, 9.17) is 27.9 Å². The number of rotatable bonds is 5. The average Bonchev–Trinajstić information content (AvgIpc) is 2.90. The standard InChI is InChI=1S/C19H14Cl2N2O4S/c1-27-17-13(20)7-11(8-14(17)21)9-15-18(25)23(19(26)28-15)10-16(24)22-12-5-3-2-4-6-12/h2-9H,10H2,1H3,(H,22,24)/b15-9-. The molecule has 0 aliphatic carbocycles. The highest BCUT2D eigenvalue weighted by atomic mass is 35.5. The Labute approximate surface area is 175 Å². The second-order valence-electron chi connectivity index (χ2n) is 5.70. The summed E-state index contributed by atoms with van der Waals surface area (Å²) in [7, 11) is 1.44. The maximum absolute atomic E-state index is 12.5. The number of para-hydroxylation sites is 1.